The van der Waals surface area contributed by atoms with Crippen LogP contribution in [0.15, 0.2) is 78.0 Å². The van der Waals surface area contributed by atoms with E-state index in [4.69, 9.17) is 21.7 Å². The van der Waals surface area contributed by atoms with Gasteiger partial charge in [-0.2, -0.15) is 10.2 Å². The van der Waals surface area contributed by atoms with E-state index in [0.717, 1.165) is 11.9 Å². The fraction of sp³-hybridized carbons (Fsp3) is 0.111. The van der Waals surface area contributed by atoms with Gasteiger partial charge in [-0.1, -0.05) is 37.3 Å². The number of fused-ring (bicyclic) bond motifs is 1. The average Bonchev–Trinajstić information content (AvgIpc) is 2.92. The molecule has 12 nitrogen and oxygen atoms in total. The number of para-hydroxylation sites is 1. The molecule has 202 valence electrons. The van der Waals surface area contributed by atoms with Crippen molar-refractivity contribution in [3.05, 3.63) is 94.9 Å². The Morgan fingerprint density at radius 1 is 1.02 bits per heavy atom. The largest absolute Gasteiger partial charge is 0.382 e. The van der Waals surface area contributed by atoms with Gasteiger partial charge in [0.15, 0.2) is 0 Å². The van der Waals surface area contributed by atoms with Crippen molar-refractivity contribution in [1.82, 2.24) is 24.5 Å². The molecule has 0 aliphatic rings. The Morgan fingerprint density at radius 3 is 2.42 bits per heavy atom. The molecule has 0 bridgehead atoms. The average molecular weight is 556 g/mol. The van der Waals surface area contributed by atoms with E-state index in [9.17, 15) is 13.2 Å². The van der Waals surface area contributed by atoms with Crippen molar-refractivity contribution in [3.8, 4) is 22.9 Å². The molecule has 0 saturated heterocycles. The fourth-order valence-corrected chi connectivity index (χ4v) is 4.49. The Morgan fingerprint density at radius 2 is 1.77 bits per heavy atom. The maximum Gasteiger partial charge on any atom is 0.266 e. The fourth-order valence-electron chi connectivity index (χ4n) is 3.95. The van der Waals surface area contributed by atoms with Crippen molar-refractivity contribution in [2.24, 2.45) is 0 Å². The van der Waals surface area contributed by atoms with E-state index in [-0.39, 0.29) is 22.9 Å². The summed E-state index contributed by atoms with van der Waals surface area (Å²) in [5.41, 5.74) is 13.4. The van der Waals surface area contributed by atoms with Gasteiger partial charge in [0, 0.05) is 18.2 Å². The highest BCUT2D eigenvalue weighted by molar-refractivity contribution is 7.92. The second-order valence-corrected chi connectivity index (χ2v) is 10.3. The zero-order valence-corrected chi connectivity index (χ0v) is 22.4. The van der Waals surface area contributed by atoms with Gasteiger partial charge in [0.05, 0.1) is 40.9 Å². The van der Waals surface area contributed by atoms with Crippen LogP contribution in [0.25, 0.3) is 27.7 Å². The molecule has 0 fully saturated rings. The maximum atomic E-state index is 13.6. The number of rotatable bonds is 5. The van der Waals surface area contributed by atoms with Gasteiger partial charge in [-0.15, -0.1) is 0 Å². The number of nitrogen functional groups attached to an aromatic ring is 2. The molecular formula is C27H25N9O3S. The number of nitrogens with one attached hydrogen (secondary N) is 1. The van der Waals surface area contributed by atoms with E-state index < -0.39 is 10.0 Å². The Labute approximate surface area is 230 Å². The number of nitriles is 1. The van der Waals surface area contributed by atoms with Crippen LogP contribution >= 0.6 is 0 Å². The molecule has 5 N–H and O–H groups in total. The van der Waals surface area contributed by atoms with Crippen molar-refractivity contribution in [3.63, 3.8) is 0 Å². The number of aromatic nitrogens is 5. The van der Waals surface area contributed by atoms with Crippen LogP contribution in [0, 0.1) is 11.3 Å². The van der Waals surface area contributed by atoms with Crippen LogP contribution in [0.3, 0.4) is 0 Å². The van der Waals surface area contributed by atoms with Gasteiger partial charge in [-0.25, -0.2) is 18.4 Å². The van der Waals surface area contributed by atoms with Crippen LogP contribution in [-0.2, 0) is 16.4 Å². The third-order valence-electron chi connectivity index (χ3n) is 5.61. The molecule has 0 aliphatic heterocycles. The minimum Gasteiger partial charge on any atom is -0.382 e. The summed E-state index contributed by atoms with van der Waals surface area (Å²) in [5, 5.41) is 8.81. The Balaban J connectivity index is 0.000000312. The molecule has 0 saturated carbocycles. The normalized spacial score (nSPS) is 10.8. The maximum absolute atomic E-state index is 13.6. The molecule has 0 unspecified atom stereocenters. The predicted molar refractivity (Wildman–Crippen MR) is 154 cm³/mol. The number of aryl methyl sites for hydroxylation is 1. The number of hydrogen-bond donors (Lipinski definition) is 3. The number of anilines is 3. The number of benzene rings is 2. The zero-order chi connectivity index (χ0) is 28.9. The molecule has 40 heavy (non-hydrogen) atoms. The highest BCUT2D eigenvalue weighted by atomic mass is 32.2. The van der Waals surface area contributed by atoms with E-state index in [1.54, 1.807) is 22.9 Å². The first-order valence-electron chi connectivity index (χ1n) is 11.9. The summed E-state index contributed by atoms with van der Waals surface area (Å²) < 4.78 is 27.2. The van der Waals surface area contributed by atoms with Crippen molar-refractivity contribution in [2.75, 3.05) is 22.4 Å². The van der Waals surface area contributed by atoms with E-state index in [0.29, 0.717) is 40.0 Å². The Hall–Kier alpha value is -5.35. The topological polar surface area (TPSA) is 196 Å². The van der Waals surface area contributed by atoms with Gasteiger partial charge in [0.2, 0.25) is 16.0 Å². The molecule has 5 rings (SSSR count). The Bertz CT molecular complexity index is 1900. The monoisotopic (exact) mass is 555 g/mol. The van der Waals surface area contributed by atoms with E-state index in [1.165, 1.54) is 12.4 Å². The smallest absolute Gasteiger partial charge is 0.266 e. The van der Waals surface area contributed by atoms with E-state index in [2.05, 4.69) is 19.7 Å². The van der Waals surface area contributed by atoms with Crippen LogP contribution in [0.2, 0.25) is 0 Å². The van der Waals surface area contributed by atoms with Gasteiger partial charge < -0.3 is 11.5 Å². The van der Waals surface area contributed by atoms with Gasteiger partial charge in [-0.3, -0.25) is 19.1 Å². The Kier molecular flexibility index (Phi) is 8.02. The van der Waals surface area contributed by atoms with E-state index in [1.807, 2.05) is 55.5 Å². The number of nitrogens with zero attached hydrogens (tertiary/aromatic N) is 6. The highest BCUT2D eigenvalue weighted by Crippen LogP contribution is 2.28. The third-order valence-corrected chi connectivity index (χ3v) is 6.21. The first-order chi connectivity index (χ1) is 19.1. The summed E-state index contributed by atoms with van der Waals surface area (Å²) in [6, 6.07) is 18.3. The second-order valence-electron chi connectivity index (χ2n) is 8.53. The van der Waals surface area contributed by atoms with Crippen LogP contribution in [0.4, 0.5) is 17.5 Å². The molecule has 5 aromatic rings. The van der Waals surface area contributed by atoms with Crippen LogP contribution < -0.4 is 21.7 Å². The predicted octanol–water partition coefficient (Wildman–Crippen LogP) is 2.89. The molecule has 0 radical (unpaired) electrons. The van der Waals surface area contributed by atoms with Crippen molar-refractivity contribution >= 4 is 38.4 Å². The molecular weight excluding hydrogens is 530 g/mol. The summed E-state index contributed by atoms with van der Waals surface area (Å²) in [6.07, 6.45) is 5.98. The van der Waals surface area contributed by atoms with Crippen molar-refractivity contribution in [1.29, 1.82) is 5.26 Å². The number of pyridine rings is 1. The lowest BCUT2D eigenvalue weighted by Gasteiger charge is -2.14. The minimum absolute atomic E-state index is 0.0801. The van der Waals surface area contributed by atoms with Crippen LogP contribution in [0.5, 0.6) is 0 Å². The standard InChI is InChI=1S/C22H20N4O3S.C5H5N5/c1-3-20-24-19-11-7-10-18(15-12-16(14-23-13-15)25-30(2,28)29)21(19)22(27)26(20)17-8-5-4-6-9-17;6-1-3-2-9-5(8)10-4(3)7/h4-14,25H,3H2,1-2H3;2H,(H4,7,8,9,10). The number of sulfonamides is 1. The zero-order valence-electron chi connectivity index (χ0n) is 21.6. The lowest BCUT2D eigenvalue weighted by Crippen LogP contribution is -2.24. The first kappa shape index (κ1) is 27.7. The lowest BCUT2D eigenvalue weighted by atomic mass is 10.0. The third kappa shape index (κ3) is 6.20. The second kappa shape index (κ2) is 11.6. The molecule has 3 heterocycles. The van der Waals surface area contributed by atoms with Gasteiger partial charge in [-0.05, 0) is 29.8 Å². The summed E-state index contributed by atoms with van der Waals surface area (Å²) in [7, 11) is -3.45. The molecule has 2 aromatic carbocycles. The summed E-state index contributed by atoms with van der Waals surface area (Å²) in [6.45, 7) is 1.96. The SMILES string of the molecule is CCc1nc2cccc(-c3cncc(NS(C)(=O)=O)c3)c2c(=O)n1-c1ccccc1.N#Cc1cnc(N)nc1N. The molecule has 13 heteroatoms. The quantitative estimate of drug-likeness (QED) is 0.290. The molecule has 0 atom stereocenters. The number of hydrogen-bond acceptors (Lipinski definition) is 10. The molecule has 0 amide bonds. The minimum atomic E-state index is -3.45. The van der Waals surface area contributed by atoms with Crippen molar-refractivity contribution < 1.29 is 8.42 Å². The summed E-state index contributed by atoms with van der Waals surface area (Å²) in [5.74, 6) is 0.868. The van der Waals surface area contributed by atoms with Gasteiger partial charge in [0.25, 0.3) is 5.56 Å². The van der Waals surface area contributed by atoms with Crippen LogP contribution in [-0.4, -0.2) is 39.2 Å². The molecule has 0 aliphatic carbocycles. The van der Waals surface area contributed by atoms with E-state index >= 15 is 0 Å². The molecule has 0 spiro atoms. The molecule has 3 aromatic heterocycles. The highest BCUT2D eigenvalue weighted by Gasteiger charge is 2.16. The lowest BCUT2D eigenvalue weighted by molar-refractivity contribution is 0.607. The summed E-state index contributed by atoms with van der Waals surface area (Å²) >= 11 is 0. The van der Waals surface area contributed by atoms with Crippen LogP contribution in [0.1, 0.15) is 18.3 Å². The number of nitrogens with two attached hydrogens (primary N) is 2. The van der Waals surface area contributed by atoms with Gasteiger partial charge in [0.1, 0.15) is 23.3 Å². The summed E-state index contributed by atoms with van der Waals surface area (Å²) in [4.78, 5) is 29.6. The first-order valence-corrected chi connectivity index (χ1v) is 13.8. The van der Waals surface area contributed by atoms with Gasteiger partial charge >= 0.3 is 0 Å². The van der Waals surface area contributed by atoms with Crippen molar-refractivity contribution in [2.45, 2.75) is 13.3 Å².